The minimum absolute atomic E-state index is 0.0445. The first-order chi connectivity index (χ1) is 6.33. The molecule has 0 atom stereocenters. The van der Waals surface area contributed by atoms with Crippen LogP contribution in [0.4, 0.5) is 0 Å². The van der Waals surface area contributed by atoms with E-state index in [1.807, 2.05) is 20.8 Å². The van der Waals surface area contributed by atoms with E-state index in [1.54, 1.807) is 0 Å². The minimum atomic E-state index is -1.03. The number of aliphatic carboxylic acids is 1. The summed E-state index contributed by atoms with van der Waals surface area (Å²) in [6, 6.07) is 0. The lowest BCUT2D eigenvalue weighted by Gasteiger charge is -2.19. The number of carboxylic acids is 1. The predicted octanol–water partition coefficient (Wildman–Crippen LogP) is 1.46. The molecule has 0 rings (SSSR count). The van der Waals surface area contributed by atoms with Gasteiger partial charge in [0.1, 0.15) is 0 Å². The fourth-order valence-corrected chi connectivity index (χ4v) is 0.664. The second-order valence-corrected chi connectivity index (χ2v) is 3.92. The normalized spacial score (nSPS) is 11.4. The average molecular weight is 202 g/mol. The van der Waals surface area contributed by atoms with E-state index in [0.29, 0.717) is 13.2 Å². The van der Waals surface area contributed by atoms with E-state index in [4.69, 9.17) is 14.6 Å². The zero-order chi connectivity index (χ0) is 11.2. The lowest BCUT2D eigenvalue weighted by Crippen LogP contribution is -2.22. The molecule has 0 aromatic carbocycles. The largest absolute Gasteiger partial charge is 0.478 e. The lowest BCUT2D eigenvalue weighted by atomic mass is 10.2. The van der Waals surface area contributed by atoms with Gasteiger partial charge in [-0.1, -0.05) is 6.58 Å². The zero-order valence-electron chi connectivity index (χ0n) is 9.00. The van der Waals surface area contributed by atoms with Crippen LogP contribution in [-0.4, -0.2) is 36.5 Å². The molecule has 0 aromatic rings. The van der Waals surface area contributed by atoms with Gasteiger partial charge in [0.05, 0.1) is 31.0 Å². The number of carboxylic acid groups (broad SMARTS) is 1. The first-order valence-electron chi connectivity index (χ1n) is 4.45. The second-order valence-electron chi connectivity index (χ2n) is 3.92. The molecule has 0 unspecified atom stereocenters. The van der Waals surface area contributed by atoms with Gasteiger partial charge in [-0.15, -0.1) is 0 Å². The molecule has 4 nitrogen and oxygen atoms in total. The molecule has 0 radical (unpaired) electrons. The Balaban J connectivity index is 3.39. The van der Waals surface area contributed by atoms with E-state index in [2.05, 4.69) is 6.58 Å². The molecule has 0 saturated heterocycles. The van der Waals surface area contributed by atoms with E-state index in [9.17, 15) is 4.79 Å². The monoisotopic (exact) mass is 202 g/mol. The lowest BCUT2D eigenvalue weighted by molar-refractivity contribution is -0.133. The summed E-state index contributed by atoms with van der Waals surface area (Å²) in [6.07, 6.45) is 0. The summed E-state index contributed by atoms with van der Waals surface area (Å²) in [5.41, 5.74) is -0.131. The van der Waals surface area contributed by atoms with E-state index < -0.39 is 5.97 Å². The van der Waals surface area contributed by atoms with Crippen molar-refractivity contribution in [2.45, 2.75) is 26.4 Å². The quantitative estimate of drug-likeness (QED) is 0.523. The van der Waals surface area contributed by atoms with Gasteiger partial charge in [-0.05, 0) is 20.8 Å². The van der Waals surface area contributed by atoms with Crippen molar-refractivity contribution < 1.29 is 19.4 Å². The van der Waals surface area contributed by atoms with Crippen molar-refractivity contribution in [2.24, 2.45) is 0 Å². The van der Waals surface area contributed by atoms with Crippen LogP contribution < -0.4 is 0 Å². The number of rotatable bonds is 6. The SMILES string of the molecule is C=C(COCCOC(C)(C)C)C(=O)O. The number of hydrogen-bond donors (Lipinski definition) is 1. The maximum absolute atomic E-state index is 10.3. The number of carbonyl (C=O) groups is 1. The summed E-state index contributed by atoms with van der Waals surface area (Å²) in [5, 5.41) is 8.46. The van der Waals surface area contributed by atoms with Crippen LogP contribution in [0.1, 0.15) is 20.8 Å². The van der Waals surface area contributed by atoms with Crippen molar-refractivity contribution in [1.29, 1.82) is 0 Å². The molecular formula is C10H18O4. The first kappa shape index (κ1) is 13.1. The van der Waals surface area contributed by atoms with Crippen molar-refractivity contribution in [2.75, 3.05) is 19.8 Å². The van der Waals surface area contributed by atoms with Crippen molar-refractivity contribution in [3.63, 3.8) is 0 Å². The van der Waals surface area contributed by atoms with E-state index in [0.717, 1.165) is 0 Å². The molecule has 0 aliphatic rings. The Morgan fingerprint density at radius 2 is 1.93 bits per heavy atom. The highest BCUT2D eigenvalue weighted by molar-refractivity contribution is 5.85. The Labute approximate surface area is 84.5 Å². The van der Waals surface area contributed by atoms with E-state index in [1.165, 1.54) is 0 Å². The maximum atomic E-state index is 10.3. The number of hydrogen-bond acceptors (Lipinski definition) is 3. The van der Waals surface area contributed by atoms with Gasteiger partial charge in [-0.3, -0.25) is 0 Å². The van der Waals surface area contributed by atoms with Crippen LogP contribution in [0.25, 0.3) is 0 Å². The summed E-state index contributed by atoms with van der Waals surface area (Å²) in [4.78, 5) is 10.3. The van der Waals surface area contributed by atoms with Crippen LogP contribution in [0, 0.1) is 0 Å². The Kier molecular flexibility index (Phi) is 5.42. The van der Waals surface area contributed by atoms with Gasteiger partial charge >= 0.3 is 5.97 Å². The maximum Gasteiger partial charge on any atom is 0.333 e. The third-order valence-corrected chi connectivity index (χ3v) is 1.34. The summed E-state index contributed by atoms with van der Waals surface area (Å²) in [5.74, 6) is -1.03. The molecule has 0 aromatic heterocycles. The molecule has 0 amide bonds. The smallest absolute Gasteiger partial charge is 0.333 e. The molecule has 14 heavy (non-hydrogen) atoms. The molecule has 1 N–H and O–H groups in total. The summed E-state index contributed by atoms with van der Waals surface area (Å²) in [7, 11) is 0. The van der Waals surface area contributed by atoms with Crippen molar-refractivity contribution >= 4 is 5.97 Å². The summed E-state index contributed by atoms with van der Waals surface area (Å²) in [6.45, 7) is 10.1. The van der Waals surface area contributed by atoms with Gasteiger partial charge < -0.3 is 14.6 Å². The average Bonchev–Trinajstić information content (AvgIpc) is 2.01. The van der Waals surface area contributed by atoms with Crippen LogP contribution in [0.3, 0.4) is 0 Å². The van der Waals surface area contributed by atoms with Crippen LogP contribution in [0.5, 0.6) is 0 Å². The molecule has 0 spiro atoms. The molecule has 4 heteroatoms. The van der Waals surface area contributed by atoms with Crippen LogP contribution in [0.2, 0.25) is 0 Å². The summed E-state index contributed by atoms with van der Waals surface area (Å²) >= 11 is 0. The van der Waals surface area contributed by atoms with E-state index in [-0.39, 0.29) is 17.8 Å². The van der Waals surface area contributed by atoms with Gasteiger partial charge in [0, 0.05) is 0 Å². The molecule has 0 aliphatic heterocycles. The molecule has 0 bridgehead atoms. The minimum Gasteiger partial charge on any atom is -0.478 e. The van der Waals surface area contributed by atoms with Gasteiger partial charge in [-0.25, -0.2) is 4.79 Å². The van der Waals surface area contributed by atoms with Gasteiger partial charge in [0.2, 0.25) is 0 Å². The highest BCUT2D eigenvalue weighted by atomic mass is 16.5. The van der Waals surface area contributed by atoms with Crippen LogP contribution >= 0.6 is 0 Å². The fraction of sp³-hybridized carbons (Fsp3) is 0.700. The molecule has 82 valence electrons. The van der Waals surface area contributed by atoms with Crippen molar-refractivity contribution in [3.8, 4) is 0 Å². The Hall–Kier alpha value is -0.870. The van der Waals surface area contributed by atoms with Crippen molar-refractivity contribution in [1.82, 2.24) is 0 Å². The third-order valence-electron chi connectivity index (χ3n) is 1.34. The van der Waals surface area contributed by atoms with Crippen LogP contribution in [0.15, 0.2) is 12.2 Å². The second kappa shape index (κ2) is 5.78. The predicted molar refractivity (Wildman–Crippen MR) is 53.3 cm³/mol. The first-order valence-corrected chi connectivity index (χ1v) is 4.45. The highest BCUT2D eigenvalue weighted by Gasteiger charge is 2.09. The standard InChI is InChI=1S/C10H18O4/c1-8(9(11)12)7-13-5-6-14-10(2,3)4/h1,5-7H2,2-4H3,(H,11,12). The molecule has 0 fully saturated rings. The molecule has 0 aliphatic carbocycles. The Morgan fingerprint density at radius 1 is 1.36 bits per heavy atom. The zero-order valence-corrected chi connectivity index (χ0v) is 9.00. The topological polar surface area (TPSA) is 55.8 Å². The highest BCUT2D eigenvalue weighted by Crippen LogP contribution is 2.05. The van der Waals surface area contributed by atoms with Gasteiger partial charge in [-0.2, -0.15) is 0 Å². The van der Waals surface area contributed by atoms with Crippen LogP contribution in [-0.2, 0) is 14.3 Å². The molecule has 0 heterocycles. The Morgan fingerprint density at radius 3 is 2.36 bits per heavy atom. The number of ether oxygens (including phenoxy) is 2. The van der Waals surface area contributed by atoms with E-state index >= 15 is 0 Å². The molecule has 0 saturated carbocycles. The van der Waals surface area contributed by atoms with Gasteiger partial charge in [0.15, 0.2) is 0 Å². The Bertz CT molecular complexity index is 203. The van der Waals surface area contributed by atoms with Crippen molar-refractivity contribution in [3.05, 3.63) is 12.2 Å². The summed E-state index contributed by atoms with van der Waals surface area (Å²) < 4.78 is 10.4. The van der Waals surface area contributed by atoms with Gasteiger partial charge in [0.25, 0.3) is 0 Å². The molecular weight excluding hydrogens is 184 g/mol. The third kappa shape index (κ3) is 7.76. The fourth-order valence-electron chi connectivity index (χ4n) is 0.664.